The van der Waals surface area contributed by atoms with Crippen molar-refractivity contribution in [1.82, 2.24) is 4.90 Å². The van der Waals surface area contributed by atoms with Crippen LogP contribution in [0.15, 0.2) is 24.3 Å². The molecule has 2 aliphatic heterocycles. The molecule has 2 saturated heterocycles. The maximum Gasteiger partial charge on any atom is 0.227 e. The van der Waals surface area contributed by atoms with Gasteiger partial charge in [0.15, 0.2) is 0 Å². The first-order valence-electron chi connectivity index (χ1n) is 8.07. The summed E-state index contributed by atoms with van der Waals surface area (Å²) in [5.41, 5.74) is 0.939. The van der Waals surface area contributed by atoms with Crippen LogP contribution in [0.3, 0.4) is 0 Å². The lowest BCUT2D eigenvalue weighted by atomic mass is 10.2. The SMILES string of the molecule is O=C1CCCN1c1ccccc1OCC1CN1CC1CC1. The predicted molar refractivity (Wildman–Crippen MR) is 81.6 cm³/mol. The highest BCUT2D eigenvalue weighted by molar-refractivity contribution is 5.96. The molecule has 4 rings (SSSR count). The fourth-order valence-corrected chi connectivity index (χ4v) is 3.13. The largest absolute Gasteiger partial charge is 0.490 e. The second-order valence-electron chi connectivity index (χ2n) is 6.48. The summed E-state index contributed by atoms with van der Waals surface area (Å²) in [5, 5.41) is 0. The van der Waals surface area contributed by atoms with Crippen molar-refractivity contribution in [1.29, 1.82) is 0 Å². The first-order valence-corrected chi connectivity index (χ1v) is 8.07. The number of para-hydroxylation sites is 2. The van der Waals surface area contributed by atoms with Crippen LogP contribution >= 0.6 is 0 Å². The Morgan fingerprint density at radius 2 is 2.10 bits per heavy atom. The van der Waals surface area contributed by atoms with Crippen LogP contribution in [0.5, 0.6) is 5.75 Å². The minimum absolute atomic E-state index is 0.216. The van der Waals surface area contributed by atoms with E-state index >= 15 is 0 Å². The summed E-state index contributed by atoms with van der Waals surface area (Å²) in [5.74, 6) is 2.02. The molecule has 1 amide bonds. The zero-order valence-corrected chi connectivity index (χ0v) is 12.3. The van der Waals surface area contributed by atoms with Crippen molar-refractivity contribution in [2.45, 2.75) is 31.7 Å². The van der Waals surface area contributed by atoms with E-state index in [2.05, 4.69) is 4.90 Å². The Hall–Kier alpha value is -1.55. The normalized spacial score (nSPS) is 28.0. The average Bonchev–Trinajstić information content (AvgIpc) is 3.41. The van der Waals surface area contributed by atoms with Gasteiger partial charge in [0.1, 0.15) is 12.4 Å². The lowest BCUT2D eigenvalue weighted by Crippen LogP contribution is -2.24. The molecule has 1 saturated carbocycles. The summed E-state index contributed by atoms with van der Waals surface area (Å²) in [4.78, 5) is 16.3. The highest BCUT2D eigenvalue weighted by Crippen LogP contribution is 2.35. The van der Waals surface area contributed by atoms with Gasteiger partial charge in [0.25, 0.3) is 0 Å². The Labute approximate surface area is 125 Å². The van der Waals surface area contributed by atoms with Gasteiger partial charge in [0.05, 0.1) is 11.7 Å². The van der Waals surface area contributed by atoms with Gasteiger partial charge in [-0.05, 0) is 37.3 Å². The van der Waals surface area contributed by atoms with Crippen molar-refractivity contribution in [3.63, 3.8) is 0 Å². The third-order valence-electron chi connectivity index (χ3n) is 4.68. The van der Waals surface area contributed by atoms with E-state index in [1.54, 1.807) is 0 Å². The molecule has 4 nitrogen and oxygen atoms in total. The number of rotatable bonds is 6. The number of amides is 1. The monoisotopic (exact) mass is 286 g/mol. The van der Waals surface area contributed by atoms with Gasteiger partial charge in [-0.15, -0.1) is 0 Å². The molecule has 21 heavy (non-hydrogen) atoms. The average molecular weight is 286 g/mol. The van der Waals surface area contributed by atoms with Crippen LogP contribution in [-0.4, -0.2) is 43.1 Å². The summed E-state index contributed by atoms with van der Waals surface area (Å²) in [6.45, 7) is 3.98. The summed E-state index contributed by atoms with van der Waals surface area (Å²) in [6.07, 6.45) is 4.42. The Bertz CT molecular complexity index is 541. The Balaban J connectivity index is 1.37. The van der Waals surface area contributed by atoms with Crippen LogP contribution in [0.4, 0.5) is 5.69 Å². The number of carbonyl (C=O) groups excluding carboxylic acids is 1. The lowest BCUT2D eigenvalue weighted by molar-refractivity contribution is -0.117. The molecule has 2 atom stereocenters. The molecular weight excluding hydrogens is 264 g/mol. The minimum Gasteiger partial charge on any atom is -0.490 e. The zero-order chi connectivity index (χ0) is 14.2. The van der Waals surface area contributed by atoms with Gasteiger partial charge in [0, 0.05) is 26.1 Å². The van der Waals surface area contributed by atoms with E-state index in [4.69, 9.17) is 4.74 Å². The maximum absolute atomic E-state index is 11.9. The van der Waals surface area contributed by atoms with E-state index in [0.29, 0.717) is 12.5 Å². The quantitative estimate of drug-likeness (QED) is 0.752. The van der Waals surface area contributed by atoms with Crippen LogP contribution in [0, 0.1) is 5.92 Å². The maximum atomic E-state index is 11.9. The molecule has 1 aromatic carbocycles. The highest BCUT2D eigenvalue weighted by Gasteiger charge is 2.38. The second kappa shape index (κ2) is 5.34. The standard InChI is InChI=1S/C17H22N2O2/c20-17-6-3-9-19(17)15-4-1-2-5-16(15)21-12-14-11-18(14)10-13-7-8-13/h1-2,4-5,13-14H,3,6-12H2. The van der Waals surface area contributed by atoms with Crippen molar-refractivity contribution in [3.05, 3.63) is 24.3 Å². The van der Waals surface area contributed by atoms with Crippen LogP contribution in [-0.2, 0) is 4.79 Å². The smallest absolute Gasteiger partial charge is 0.227 e. The summed E-state index contributed by atoms with van der Waals surface area (Å²) < 4.78 is 6.02. The minimum atomic E-state index is 0.216. The number of nitrogens with zero attached hydrogens (tertiary/aromatic N) is 2. The number of hydrogen-bond acceptors (Lipinski definition) is 3. The Morgan fingerprint density at radius 1 is 1.24 bits per heavy atom. The molecule has 0 aromatic heterocycles. The van der Waals surface area contributed by atoms with Gasteiger partial charge < -0.3 is 9.64 Å². The summed E-state index contributed by atoms with van der Waals surface area (Å²) >= 11 is 0. The van der Waals surface area contributed by atoms with Gasteiger partial charge in [0.2, 0.25) is 5.91 Å². The summed E-state index contributed by atoms with van der Waals surface area (Å²) in [6, 6.07) is 8.51. The topological polar surface area (TPSA) is 32.6 Å². The van der Waals surface area contributed by atoms with E-state index in [1.165, 1.54) is 25.9 Å². The molecular formula is C17H22N2O2. The van der Waals surface area contributed by atoms with Crippen LogP contribution in [0.2, 0.25) is 0 Å². The van der Waals surface area contributed by atoms with Crippen LogP contribution in [0.1, 0.15) is 25.7 Å². The summed E-state index contributed by atoms with van der Waals surface area (Å²) in [7, 11) is 0. The molecule has 0 spiro atoms. The van der Waals surface area contributed by atoms with Gasteiger partial charge in [-0.25, -0.2) is 0 Å². The van der Waals surface area contributed by atoms with Crippen molar-refractivity contribution in [3.8, 4) is 5.75 Å². The molecule has 0 radical (unpaired) electrons. The van der Waals surface area contributed by atoms with Gasteiger partial charge in [-0.2, -0.15) is 0 Å². The number of carbonyl (C=O) groups is 1. The third kappa shape index (κ3) is 2.91. The van der Waals surface area contributed by atoms with E-state index in [1.807, 2.05) is 29.2 Å². The Kier molecular flexibility index (Phi) is 3.34. The fraction of sp³-hybridized carbons (Fsp3) is 0.588. The van der Waals surface area contributed by atoms with Crippen molar-refractivity contribution in [2.24, 2.45) is 5.92 Å². The van der Waals surface area contributed by atoms with Gasteiger partial charge in [-0.3, -0.25) is 9.69 Å². The molecule has 2 unspecified atom stereocenters. The fourth-order valence-electron chi connectivity index (χ4n) is 3.13. The molecule has 1 aromatic rings. The zero-order valence-electron chi connectivity index (χ0n) is 12.3. The molecule has 0 bridgehead atoms. The molecule has 4 heteroatoms. The van der Waals surface area contributed by atoms with Crippen LogP contribution < -0.4 is 9.64 Å². The van der Waals surface area contributed by atoms with Crippen molar-refractivity contribution < 1.29 is 9.53 Å². The lowest BCUT2D eigenvalue weighted by Gasteiger charge is -2.19. The van der Waals surface area contributed by atoms with Gasteiger partial charge >= 0.3 is 0 Å². The number of anilines is 1. The molecule has 3 aliphatic rings. The van der Waals surface area contributed by atoms with E-state index in [-0.39, 0.29) is 5.91 Å². The van der Waals surface area contributed by atoms with Crippen molar-refractivity contribution in [2.75, 3.05) is 31.1 Å². The highest BCUT2D eigenvalue weighted by atomic mass is 16.5. The van der Waals surface area contributed by atoms with E-state index in [0.717, 1.165) is 36.9 Å². The van der Waals surface area contributed by atoms with E-state index < -0.39 is 0 Å². The molecule has 1 aliphatic carbocycles. The first kappa shape index (κ1) is 13.1. The second-order valence-corrected chi connectivity index (χ2v) is 6.48. The predicted octanol–water partition coefficient (Wildman–Crippen LogP) is 2.29. The first-order chi connectivity index (χ1) is 10.3. The number of benzene rings is 1. The molecule has 2 heterocycles. The number of ether oxygens (including phenoxy) is 1. The Morgan fingerprint density at radius 3 is 2.86 bits per heavy atom. The van der Waals surface area contributed by atoms with Crippen LogP contribution in [0.25, 0.3) is 0 Å². The van der Waals surface area contributed by atoms with Gasteiger partial charge in [-0.1, -0.05) is 12.1 Å². The number of hydrogen-bond donors (Lipinski definition) is 0. The van der Waals surface area contributed by atoms with E-state index in [9.17, 15) is 4.79 Å². The molecule has 0 N–H and O–H groups in total. The molecule has 112 valence electrons. The molecule has 3 fully saturated rings. The third-order valence-corrected chi connectivity index (χ3v) is 4.68. The van der Waals surface area contributed by atoms with Crippen molar-refractivity contribution >= 4 is 11.6 Å².